The topological polar surface area (TPSA) is 35.2 Å². The number of hydrogen-bond acceptors (Lipinski definition) is 2. The minimum Gasteiger partial charge on any atom is -0.374 e. The Hall–Kier alpha value is -0.340. The molecular formula is C14H27NO. The highest BCUT2D eigenvalue weighted by molar-refractivity contribution is 4.97. The van der Waals surface area contributed by atoms with Gasteiger partial charge in [-0.1, -0.05) is 24.8 Å². The minimum absolute atomic E-state index is 0.0392. The molecule has 0 amide bonds. The fourth-order valence-corrected chi connectivity index (χ4v) is 2.72. The lowest BCUT2D eigenvalue weighted by molar-refractivity contribution is -0.0832. The van der Waals surface area contributed by atoms with Gasteiger partial charge in [-0.3, -0.25) is 0 Å². The second-order valence-electron chi connectivity index (χ2n) is 5.16. The maximum Gasteiger partial charge on any atom is 0.0832 e. The van der Waals surface area contributed by atoms with E-state index in [9.17, 15) is 0 Å². The Morgan fingerprint density at radius 3 is 2.50 bits per heavy atom. The molecule has 1 saturated carbocycles. The molecule has 1 rings (SSSR count). The van der Waals surface area contributed by atoms with Gasteiger partial charge in [-0.05, 0) is 39.5 Å². The maximum atomic E-state index is 6.35. The summed E-state index contributed by atoms with van der Waals surface area (Å²) in [5.41, 5.74) is 7.53. The lowest BCUT2D eigenvalue weighted by atomic mass is 9.77. The molecule has 2 heteroatoms. The van der Waals surface area contributed by atoms with Crippen molar-refractivity contribution in [1.29, 1.82) is 0 Å². The third-order valence-corrected chi connectivity index (χ3v) is 3.69. The summed E-state index contributed by atoms with van der Waals surface area (Å²) in [4.78, 5) is 0. The summed E-state index contributed by atoms with van der Waals surface area (Å²) < 4.78 is 6.01. The summed E-state index contributed by atoms with van der Waals surface area (Å²) in [6, 6.07) is 0.171. The fourth-order valence-electron chi connectivity index (χ4n) is 2.72. The van der Waals surface area contributed by atoms with Gasteiger partial charge in [-0.25, -0.2) is 0 Å². The van der Waals surface area contributed by atoms with Crippen LogP contribution in [0.25, 0.3) is 0 Å². The molecule has 0 heterocycles. The van der Waals surface area contributed by atoms with Crippen molar-refractivity contribution < 1.29 is 4.74 Å². The first-order valence-corrected chi connectivity index (χ1v) is 6.64. The van der Waals surface area contributed by atoms with Crippen LogP contribution in [0.1, 0.15) is 58.8 Å². The van der Waals surface area contributed by atoms with E-state index in [1.807, 2.05) is 0 Å². The molecule has 1 atom stereocenters. The largest absolute Gasteiger partial charge is 0.374 e. The van der Waals surface area contributed by atoms with Crippen molar-refractivity contribution in [2.75, 3.05) is 6.61 Å². The van der Waals surface area contributed by atoms with E-state index in [0.717, 1.165) is 32.3 Å². The number of ether oxygens (including phenoxy) is 1. The van der Waals surface area contributed by atoms with E-state index in [1.165, 1.54) is 24.8 Å². The third-order valence-electron chi connectivity index (χ3n) is 3.69. The van der Waals surface area contributed by atoms with Crippen molar-refractivity contribution in [1.82, 2.24) is 0 Å². The highest BCUT2D eigenvalue weighted by Gasteiger charge is 2.38. The summed E-state index contributed by atoms with van der Waals surface area (Å²) >= 11 is 0. The molecule has 1 aliphatic carbocycles. The normalized spacial score (nSPS) is 21.7. The van der Waals surface area contributed by atoms with Gasteiger partial charge >= 0.3 is 0 Å². The molecule has 16 heavy (non-hydrogen) atoms. The van der Waals surface area contributed by atoms with Crippen LogP contribution in [0.2, 0.25) is 0 Å². The molecule has 1 unspecified atom stereocenters. The SMILES string of the molecule is C=C(C)CCC(N)C1(OCC)CCCCC1. The van der Waals surface area contributed by atoms with Crippen LogP contribution in [0.3, 0.4) is 0 Å². The molecule has 0 aromatic heterocycles. The molecule has 0 radical (unpaired) electrons. The van der Waals surface area contributed by atoms with Gasteiger partial charge in [0.05, 0.1) is 5.60 Å². The van der Waals surface area contributed by atoms with Crippen LogP contribution >= 0.6 is 0 Å². The fraction of sp³-hybridized carbons (Fsp3) is 0.857. The van der Waals surface area contributed by atoms with Crippen LogP contribution in [0.5, 0.6) is 0 Å². The molecule has 1 fully saturated rings. The summed E-state index contributed by atoms with van der Waals surface area (Å²) in [5.74, 6) is 0. The number of allylic oxidation sites excluding steroid dienone is 1. The zero-order chi connectivity index (χ0) is 12.0. The Labute approximate surface area is 100 Å². The molecule has 0 aromatic carbocycles. The average molecular weight is 225 g/mol. The van der Waals surface area contributed by atoms with Gasteiger partial charge in [0.15, 0.2) is 0 Å². The average Bonchev–Trinajstić information content (AvgIpc) is 2.27. The first kappa shape index (κ1) is 13.7. The molecule has 94 valence electrons. The molecule has 1 aliphatic rings. The van der Waals surface area contributed by atoms with Gasteiger partial charge in [0.25, 0.3) is 0 Å². The Balaban J connectivity index is 2.56. The van der Waals surface area contributed by atoms with Gasteiger partial charge in [0.1, 0.15) is 0 Å². The molecule has 0 bridgehead atoms. The lowest BCUT2D eigenvalue weighted by Gasteiger charge is -2.41. The summed E-state index contributed by atoms with van der Waals surface area (Å²) in [6.07, 6.45) is 8.17. The predicted molar refractivity (Wildman–Crippen MR) is 69.5 cm³/mol. The minimum atomic E-state index is -0.0392. The molecular weight excluding hydrogens is 198 g/mol. The van der Waals surface area contributed by atoms with E-state index < -0.39 is 0 Å². The molecule has 0 aromatic rings. The zero-order valence-corrected chi connectivity index (χ0v) is 10.9. The predicted octanol–water partition coefficient (Wildman–Crippen LogP) is 3.41. The van der Waals surface area contributed by atoms with Crippen molar-refractivity contribution in [3.8, 4) is 0 Å². The summed E-state index contributed by atoms with van der Waals surface area (Å²) in [5, 5.41) is 0. The molecule has 0 aliphatic heterocycles. The standard InChI is InChI=1S/C14H27NO/c1-4-16-14(10-6-5-7-11-14)13(15)9-8-12(2)3/h13H,2,4-11,15H2,1,3H3. The highest BCUT2D eigenvalue weighted by Crippen LogP contribution is 2.35. The molecule has 0 saturated heterocycles. The Morgan fingerprint density at radius 2 is 2.00 bits per heavy atom. The van der Waals surface area contributed by atoms with E-state index in [-0.39, 0.29) is 11.6 Å². The number of hydrogen-bond donors (Lipinski definition) is 1. The third kappa shape index (κ3) is 3.60. The van der Waals surface area contributed by atoms with E-state index in [4.69, 9.17) is 10.5 Å². The number of rotatable bonds is 6. The second-order valence-corrected chi connectivity index (χ2v) is 5.16. The van der Waals surface area contributed by atoms with Gasteiger partial charge < -0.3 is 10.5 Å². The first-order valence-electron chi connectivity index (χ1n) is 6.64. The van der Waals surface area contributed by atoms with Crippen molar-refractivity contribution in [3.63, 3.8) is 0 Å². The Bertz CT molecular complexity index is 213. The molecule has 0 spiro atoms. The van der Waals surface area contributed by atoms with Crippen molar-refractivity contribution in [2.24, 2.45) is 5.73 Å². The van der Waals surface area contributed by atoms with Gasteiger partial charge in [0.2, 0.25) is 0 Å². The van der Waals surface area contributed by atoms with Gasteiger partial charge in [0, 0.05) is 12.6 Å². The number of nitrogens with two attached hydrogens (primary N) is 1. The van der Waals surface area contributed by atoms with E-state index in [1.54, 1.807) is 0 Å². The van der Waals surface area contributed by atoms with Crippen molar-refractivity contribution in [3.05, 3.63) is 12.2 Å². The Kier molecular flexibility index (Phi) is 5.50. The Morgan fingerprint density at radius 1 is 1.38 bits per heavy atom. The smallest absolute Gasteiger partial charge is 0.0832 e. The second kappa shape index (κ2) is 6.41. The van der Waals surface area contributed by atoms with Crippen LogP contribution in [0, 0.1) is 0 Å². The molecule has 2 nitrogen and oxygen atoms in total. The van der Waals surface area contributed by atoms with E-state index >= 15 is 0 Å². The first-order chi connectivity index (χ1) is 7.60. The summed E-state index contributed by atoms with van der Waals surface area (Å²) in [7, 11) is 0. The van der Waals surface area contributed by atoms with Crippen LogP contribution in [0.4, 0.5) is 0 Å². The monoisotopic (exact) mass is 225 g/mol. The maximum absolute atomic E-state index is 6.35. The van der Waals surface area contributed by atoms with Crippen LogP contribution in [0.15, 0.2) is 12.2 Å². The van der Waals surface area contributed by atoms with Gasteiger partial charge in [-0.15, -0.1) is 6.58 Å². The van der Waals surface area contributed by atoms with Gasteiger partial charge in [-0.2, -0.15) is 0 Å². The van der Waals surface area contributed by atoms with Crippen LogP contribution < -0.4 is 5.73 Å². The van der Waals surface area contributed by atoms with Crippen molar-refractivity contribution >= 4 is 0 Å². The molecule has 2 N–H and O–H groups in total. The van der Waals surface area contributed by atoms with Crippen LogP contribution in [-0.2, 0) is 4.74 Å². The quantitative estimate of drug-likeness (QED) is 0.703. The van der Waals surface area contributed by atoms with E-state index in [2.05, 4.69) is 20.4 Å². The van der Waals surface area contributed by atoms with Crippen molar-refractivity contribution in [2.45, 2.75) is 70.4 Å². The summed E-state index contributed by atoms with van der Waals surface area (Å²) in [6.45, 7) is 8.86. The zero-order valence-electron chi connectivity index (χ0n) is 10.9. The lowest BCUT2D eigenvalue weighted by Crippen LogP contribution is -2.51. The highest BCUT2D eigenvalue weighted by atomic mass is 16.5. The van der Waals surface area contributed by atoms with E-state index in [0.29, 0.717) is 0 Å². The van der Waals surface area contributed by atoms with Crippen LogP contribution in [-0.4, -0.2) is 18.2 Å².